The summed E-state index contributed by atoms with van der Waals surface area (Å²) < 4.78 is 19.0. The first-order valence-electron chi connectivity index (χ1n) is 9.07. The van der Waals surface area contributed by atoms with E-state index in [4.69, 9.17) is 4.52 Å². The largest absolute Gasteiger partial charge is 0.339 e. The van der Waals surface area contributed by atoms with E-state index in [2.05, 4.69) is 15.1 Å². The second-order valence-electron chi connectivity index (χ2n) is 6.65. The summed E-state index contributed by atoms with van der Waals surface area (Å²) in [6.07, 6.45) is 3.74. The summed E-state index contributed by atoms with van der Waals surface area (Å²) in [6, 6.07) is 8.46. The first-order chi connectivity index (χ1) is 13.6. The number of thioether (sulfide) groups is 1. The smallest absolute Gasteiger partial charge is 0.255 e. The van der Waals surface area contributed by atoms with E-state index in [9.17, 15) is 9.18 Å². The van der Waals surface area contributed by atoms with E-state index in [1.165, 1.54) is 17.8 Å². The number of amides is 1. The summed E-state index contributed by atoms with van der Waals surface area (Å²) in [5, 5.41) is 4.68. The predicted octanol–water partition coefficient (Wildman–Crippen LogP) is 4.11. The van der Waals surface area contributed by atoms with Crippen LogP contribution >= 0.6 is 11.8 Å². The van der Waals surface area contributed by atoms with E-state index in [-0.39, 0.29) is 11.7 Å². The summed E-state index contributed by atoms with van der Waals surface area (Å²) in [5.41, 5.74) is 1.75. The monoisotopic (exact) mass is 398 g/mol. The predicted molar refractivity (Wildman–Crippen MR) is 103 cm³/mol. The van der Waals surface area contributed by atoms with Crippen LogP contribution in [0.1, 0.15) is 34.7 Å². The number of likely N-dealkylation sites (tertiary alicyclic amines) is 1. The van der Waals surface area contributed by atoms with Gasteiger partial charge in [0.05, 0.1) is 16.3 Å². The highest BCUT2D eigenvalue weighted by Gasteiger charge is 2.19. The van der Waals surface area contributed by atoms with E-state index < -0.39 is 0 Å². The van der Waals surface area contributed by atoms with Crippen LogP contribution in [0.3, 0.4) is 0 Å². The summed E-state index contributed by atoms with van der Waals surface area (Å²) in [6.45, 7) is 3.34. The first-order valence-corrected chi connectivity index (χ1v) is 10.1. The topological polar surface area (TPSA) is 72.1 Å². The van der Waals surface area contributed by atoms with Crippen molar-refractivity contribution in [1.82, 2.24) is 20.0 Å². The first kappa shape index (κ1) is 18.6. The Morgan fingerprint density at radius 1 is 1.25 bits per heavy atom. The molecule has 3 heterocycles. The molecular formula is C20H19FN4O2S. The molecule has 1 fully saturated rings. The lowest BCUT2D eigenvalue weighted by Crippen LogP contribution is -2.27. The Kier molecular flexibility index (Phi) is 5.38. The van der Waals surface area contributed by atoms with Gasteiger partial charge in [-0.3, -0.25) is 4.79 Å². The fraction of sp³-hybridized carbons (Fsp3) is 0.300. The van der Waals surface area contributed by atoms with Crippen molar-refractivity contribution in [1.29, 1.82) is 0 Å². The van der Waals surface area contributed by atoms with E-state index in [1.54, 1.807) is 31.3 Å². The molecular weight excluding hydrogens is 379 g/mol. The summed E-state index contributed by atoms with van der Waals surface area (Å²) >= 11 is 1.43. The number of hydrogen-bond acceptors (Lipinski definition) is 6. The molecule has 1 aliphatic heterocycles. The Labute approximate surface area is 166 Å². The van der Waals surface area contributed by atoms with Gasteiger partial charge < -0.3 is 9.42 Å². The van der Waals surface area contributed by atoms with Gasteiger partial charge in [-0.15, -0.1) is 0 Å². The highest BCUT2D eigenvalue weighted by molar-refractivity contribution is 7.98. The minimum atomic E-state index is -0.300. The van der Waals surface area contributed by atoms with Crippen molar-refractivity contribution in [3.05, 3.63) is 59.4 Å². The summed E-state index contributed by atoms with van der Waals surface area (Å²) in [4.78, 5) is 22.9. The Morgan fingerprint density at radius 2 is 2.07 bits per heavy atom. The van der Waals surface area contributed by atoms with Gasteiger partial charge in [-0.1, -0.05) is 29.1 Å². The number of carbonyl (C=O) groups is 1. The van der Waals surface area contributed by atoms with E-state index in [0.29, 0.717) is 34.2 Å². The van der Waals surface area contributed by atoms with Gasteiger partial charge in [0.2, 0.25) is 11.7 Å². The summed E-state index contributed by atoms with van der Waals surface area (Å²) in [5.74, 6) is 0.960. The molecule has 144 valence electrons. The fourth-order valence-corrected chi connectivity index (χ4v) is 3.67. The third-order valence-corrected chi connectivity index (χ3v) is 5.55. The van der Waals surface area contributed by atoms with Gasteiger partial charge in [0.25, 0.3) is 5.91 Å². The lowest BCUT2D eigenvalue weighted by atomic mass is 10.1. The van der Waals surface area contributed by atoms with Crippen molar-refractivity contribution in [3.8, 4) is 11.4 Å². The standard InChI is InChI=1S/C20H19FN4O2S/c1-13-4-5-14(10-16(13)21)19-23-17(27-24-19)12-28-18-7-6-15(11-22-18)20(26)25-8-2-3-9-25/h4-7,10-11H,2-3,8-9,12H2,1H3. The van der Waals surface area contributed by atoms with Gasteiger partial charge in [0.1, 0.15) is 5.82 Å². The van der Waals surface area contributed by atoms with Gasteiger partial charge in [0.15, 0.2) is 0 Å². The molecule has 3 aromatic rings. The van der Waals surface area contributed by atoms with Crippen LogP contribution in [0, 0.1) is 12.7 Å². The number of rotatable bonds is 5. The highest BCUT2D eigenvalue weighted by Crippen LogP contribution is 2.24. The SMILES string of the molecule is Cc1ccc(-c2noc(CSc3ccc(C(=O)N4CCCC4)cn3)n2)cc1F. The molecule has 0 unspecified atom stereocenters. The number of aryl methyl sites for hydroxylation is 1. The molecule has 0 N–H and O–H groups in total. The minimum absolute atomic E-state index is 0.0356. The van der Waals surface area contributed by atoms with Crippen molar-refractivity contribution in [3.63, 3.8) is 0 Å². The Morgan fingerprint density at radius 3 is 2.79 bits per heavy atom. The van der Waals surface area contributed by atoms with Crippen LogP contribution in [0.5, 0.6) is 0 Å². The van der Waals surface area contributed by atoms with Crippen LogP contribution in [0.15, 0.2) is 46.1 Å². The third kappa shape index (κ3) is 4.06. The molecule has 1 saturated heterocycles. The fourth-order valence-electron chi connectivity index (χ4n) is 2.99. The molecule has 0 spiro atoms. The quantitative estimate of drug-likeness (QED) is 0.603. The molecule has 0 saturated carbocycles. The van der Waals surface area contributed by atoms with Crippen molar-refractivity contribution >= 4 is 17.7 Å². The van der Waals surface area contributed by atoms with Crippen LogP contribution in [0.4, 0.5) is 4.39 Å². The number of carbonyl (C=O) groups excluding carboxylic acids is 1. The lowest BCUT2D eigenvalue weighted by molar-refractivity contribution is 0.0792. The zero-order valence-electron chi connectivity index (χ0n) is 15.4. The maximum Gasteiger partial charge on any atom is 0.255 e. The third-order valence-electron chi connectivity index (χ3n) is 4.62. The Hall–Kier alpha value is -2.74. The Bertz CT molecular complexity index is 984. The highest BCUT2D eigenvalue weighted by atomic mass is 32.2. The second-order valence-corrected chi connectivity index (χ2v) is 7.64. The minimum Gasteiger partial charge on any atom is -0.339 e. The zero-order chi connectivity index (χ0) is 19.5. The molecule has 6 nitrogen and oxygen atoms in total. The van der Waals surface area contributed by atoms with Gasteiger partial charge in [-0.05, 0) is 43.5 Å². The number of nitrogens with zero attached hydrogens (tertiary/aromatic N) is 4. The maximum atomic E-state index is 13.7. The lowest BCUT2D eigenvalue weighted by Gasteiger charge is -2.14. The molecule has 0 radical (unpaired) electrons. The molecule has 1 amide bonds. The van der Waals surface area contributed by atoms with E-state index >= 15 is 0 Å². The molecule has 1 aromatic carbocycles. The number of hydrogen-bond donors (Lipinski definition) is 0. The molecule has 2 aromatic heterocycles. The maximum absolute atomic E-state index is 13.7. The average Bonchev–Trinajstić information content (AvgIpc) is 3.40. The number of halogens is 1. The van der Waals surface area contributed by atoms with Crippen LogP contribution < -0.4 is 0 Å². The van der Waals surface area contributed by atoms with Gasteiger partial charge >= 0.3 is 0 Å². The van der Waals surface area contributed by atoms with E-state index in [0.717, 1.165) is 31.0 Å². The molecule has 28 heavy (non-hydrogen) atoms. The summed E-state index contributed by atoms with van der Waals surface area (Å²) in [7, 11) is 0. The molecule has 0 atom stereocenters. The molecule has 0 bridgehead atoms. The number of pyridine rings is 1. The number of benzene rings is 1. The van der Waals surface area contributed by atoms with Crippen LogP contribution in [0.2, 0.25) is 0 Å². The van der Waals surface area contributed by atoms with Crippen molar-refractivity contribution in [2.24, 2.45) is 0 Å². The van der Waals surface area contributed by atoms with Crippen molar-refractivity contribution < 1.29 is 13.7 Å². The van der Waals surface area contributed by atoms with Crippen molar-refractivity contribution in [2.45, 2.75) is 30.5 Å². The van der Waals surface area contributed by atoms with Gasteiger partial charge in [-0.2, -0.15) is 4.98 Å². The molecule has 8 heteroatoms. The number of aromatic nitrogens is 3. The molecule has 4 rings (SSSR count). The van der Waals surface area contributed by atoms with E-state index in [1.807, 2.05) is 11.0 Å². The average molecular weight is 398 g/mol. The van der Waals surface area contributed by atoms with Crippen LogP contribution in [-0.4, -0.2) is 39.0 Å². The van der Waals surface area contributed by atoms with Crippen LogP contribution in [0.25, 0.3) is 11.4 Å². The van der Waals surface area contributed by atoms with Crippen LogP contribution in [-0.2, 0) is 5.75 Å². The Balaban J connectivity index is 1.37. The molecule has 0 aliphatic carbocycles. The van der Waals surface area contributed by atoms with Gasteiger partial charge in [-0.25, -0.2) is 9.37 Å². The second kappa shape index (κ2) is 8.10. The normalized spacial score (nSPS) is 13.9. The van der Waals surface area contributed by atoms with Gasteiger partial charge in [0, 0.05) is 24.8 Å². The zero-order valence-corrected chi connectivity index (χ0v) is 16.2. The molecule has 1 aliphatic rings. The van der Waals surface area contributed by atoms with Crippen molar-refractivity contribution in [2.75, 3.05) is 13.1 Å².